The zero-order valence-corrected chi connectivity index (χ0v) is 24.2. The first kappa shape index (κ1) is 25.2. The summed E-state index contributed by atoms with van der Waals surface area (Å²) in [5.41, 5.74) is 4.77. The van der Waals surface area contributed by atoms with Crippen molar-refractivity contribution in [2.24, 2.45) is 34.5 Å². The lowest BCUT2D eigenvalue weighted by Gasteiger charge is -2.75. The second-order valence-electron chi connectivity index (χ2n) is 15.3. The van der Waals surface area contributed by atoms with Crippen molar-refractivity contribution >= 4 is 0 Å². The van der Waals surface area contributed by atoms with E-state index < -0.39 is 0 Å². The van der Waals surface area contributed by atoms with Gasteiger partial charge in [-0.1, -0.05) is 49.6 Å². The molecule has 0 spiro atoms. The van der Waals surface area contributed by atoms with Gasteiger partial charge in [-0.2, -0.15) is 0 Å². The molecule has 8 aliphatic carbocycles. The van der Waals surface area contributed by atoms with Crippen LogP contribution in [-0.2, 0) is 10.8 Å². The van der Waals surface area contributed by atoms with E-state index >= 15 is 0 Å². The molecule has 0 saturated heterocycles. The van der Waals surface area contributed by atoms with Gasteiger partial charge in [0.2, 0.25) is 0 Å². The van der Waals surface area contributed by atoms with Crippen LogP contribution in [-0.4, -0.2) is 13.2 Å². The van der Waals surface area contributed by atoms with E-state index in [-0.39, 0.29) is 10.8 Å². The van der Waals surface area contributed by atoms with Gasteiger partial charge in [0.05, 0.1) is 0 Å². The molecule has 8 saturated carbocycles. The first-order valence-corrected chi connectivity index (χ1v) is 16.2. The SMILES string of the molecule is C=CCOc1ccc(C23CC4CC(c5ccc(OCC=C)cc5)(C2)CC(C25CC6CC(CC(C6)C2)C5)(C4)C3)cc1. The van der Waals surface area contributed by atoms with Gasteiger partial charge in [-0.3, -0.25) is 0 Å². The zero-order chi connectivity index (χ0) is 27.0. The topological polar surface area (TPSA) is 18.5 Å². The summed E-state index contributed by atoms with van der Waals surface area (Å²) in [5.74, 6) is 5.79. The van der Waals surface area contributed by atoms with Crippen molar-refractivity contribution in [2.75, 3.05) is 13.2 Å². The summed E-state index contributed by atoms with van der Waals surface area (Å²) in [7, 11) is 0. The van der Waals surface area contributed by atoms with Crippen molar-refractivity contribution in [3.8, 4) is 11.5 Å². The van der Waals surface area contributed by atoms with Gasteiger partial charge in [0, 0.05) is 0 Å². The minimum absolute atomic E-state index is 0.276. The van der Waals surface area contributed by atoms with Crippen LogP contribution in [0.5, 0.6) is 11.5 Å². The molecule has 0 aromatic heterocycles. The molecule has 8 aliphatic rings. The van der Waals surface area contributed by atoms with Crippen molar-refractivity contribution in [1.29, 1.82) is 0 Å². The van der Waals surface area contributed by atoms with Gasteiger partial charge in [-0.05, 0) is 158 Å². The second kappa shape index (κ2) is 9.01. The van der Waals surface area contributed by atoms with Gasteiger partial charge in [0.15, 0.2) is 0 Å². The molecule has 8 fully saturated rings. The molecule has 2 aromatic rings. The number of rotatable bonds is 9. The van der Waals surface area contributed by atoms with E-state index in [1.165, 1.54) is 77.0 Å². The lowest BCUT2D eigenvalue weighted by Crippen LogP contribution is -2.67. The van der Waals surface area contributed by atoms with Crippen molar-refractivity contribution in [3.63, 3.8) is 0 Å². The molecule has 2 atom stereocenters. The lowest BCUT2D eigenvalue weighted by molar-refractivity contribution is -0.212. The van der Waals surface area contributed by atoms with Gasteiger partial charge >= 0.3 is 0 Å². The lowest BCUT2D eigenvalue weighted by atomic mass is 9.29. The van der Waals surface area contributed by atoms with E-state index in [1.54, 1.807) is 11.1 Å². The molecular weight excluding hydrogens is 488 g/mol. The highest BCUT2D eigenvalue weighted by Gasteiger charge is 2.71. The molecule has 210 valence electrons. The fourth-order valence-electron chi connectivity index (χ4n) is 12.6. The van der Waals surface area contributed by atoms with Crippen LogP contribution in [0.3, 0.4) is 0 Å². The smallest absolute Gasteiger partial charge is 0.119 e. The zero-order valence-electron chi connectivity index (χ0n) is 24.2. The molecule has 0 N–H and O–H groups in total. The Kier molecular flexibility index (Phi) is 5.69. The fourth-order valence-corrected chi connectivity index (χ4v) is 12.6. The molecule has 0 radical (unpaired) electrons. The van der Waals surface area contributed by atoms with E-state index in [0.29, 0.717) is 24.0 Å². The third-order valence-corrected chi connectivity index (χ3v) is 12.9. The van der Waals surface area contributed by atoms with Crippen LogP contribution < -0.4 is 9.47 Å². The first-order chi connectivity index (χ1) is 19.5. The molecule has 2 unspecified atom stereocenters. The Hall–Kier alpha value is -2.48. The van der Waals surface area contributed by atoms with E-state index in [4.69, 9.17) is 9.47 Å². The molecule has 0 aliphatic heterocycles. The summed E-state index contributed by atoms with van der Waals surface area (Å²) in [6.45, 7) is 8.78. The van der Waals surface area contributed by atoms with E-state index in [1.807, 2.05) is 12.2 Å². The summed E-state index contributed by atoms with van der Waals surface area (Å²) >= 11 is 0. The standard InChI is InChI=1S/C38H46O2/c1-3-13-39-33-9-5-31(6-10-33)35-18-30-19-36(24-35,32-7-11-34(12-8-32)40-14-4-2)26-38(23-30,25-35)37-20-27-15-28(21-37)17-29(16-27)22-37/h3-12,27-30H,1-2,13-26H2. The Morgan fingerprint density at radius 1 is 0.550 bits per heavy atom. The van der Waals surface area contributed by atoms with Crippen LogP contribution >= 0.6 is 0 Å². The van der Waals surface area contributed by atoms with Crippen LogP contribution in [0.25, 0.3) is 0 Å². The maximum absolute atomic E-state index is 5.91. The Bertz CT molecular complexity index is 1180. The molecule has 0 heterocycles. The highest BCUT2D eigenvalue weighted by atomic mass is 16.5. The first-order valence-electron chi connectivity index (χ1n) is 16.2. The molecular formula is C38H46O2. The van der Waals surface area contributed by atoms with Gasteiger partial charge in [-0.15, -0.1) is 0 Å². The number of hydrogen-bond donors (Lipinski definition) is 0. The third-order valence-electron chi connectivity index (χ3n) is 12.9. The summed E-state index contributed by atoms with van der Waals surface area (Å²) in [4.78, 5) is 0. The predicted molar refractivity (Wildman–Crippen MR) is 162 cm³/mol. The quantitative estimate of drug-likeness (QED) is 0.299. The molecule has 0 amide bonds. The summed E-state index contributed by atoms with van der Waals surface area (Å²) in [6, 6.07) is 18.6. The van der Waals surface area contributed by atoms with Crippen molar-refractivity contribution in [2.45, 2.75) is 87.9 Å². The highest BCUT2D eigenvalue weighted by molar-refractivity contribution is 5.43. The number of hydrogen-bond acceptors (Lipinski definition) is 2. The van der Waals surface area contributed by atoms with Crippen LogP contribution in [0.1, 0.15) is 88.2 Å². The average Bonchev–Trinajstić information content (AvgIpc) is 2.94. The maximum atomic E-state index is 5.91. The Morgan fingerprint density at radius 3 is 1.40 bits per heavy atom. The molecule has 10 rings (SSSR count). The molecule has 2 heteroatoms. The van der Waals surface area contributed by atoms with Gasteiger partial charge in [0.25, 0.3) is 0 Å². The fraction of sp³-hybridized carbons (Fsp3) is 0.579. The van der Waals surface area contributed by atoms with Crippen LogP contribution in [0.2, 0.25) is 0 Å². The van der Waals surface area contributed by atoms with Crippen LogP contribution in [0.15, 0.2) is 73.8 Å². The Labute approximate surface area is 241 Å². The summed E-state index contributed by atoms with van der Waals surface area (Å²) in [6.07, 6.45) is 21.2. The van der Waals surface area contributed by atoms with Crippen LogP contribution in [0, 0.1) is 34.5 Å². The largest absolute Gasteiger partial charge is 0.490 e. The monoisotopic (exact) mass is 534 g/mol. The molecule has 2 nitrogen and oxygen atoms in total. The van der Waals surface area contributed by atoms with E-state index in [9.17, 15) is 0 Å². The maximum Gasteiger partial charge on any atom is 0.119 e. The number of ether oxygens (including phenoxy) is 2. The van der Waals surface area contributed by atoms with Crippen molar-refractivity contribution < 1.29 is 9.47 Å². The Morgan fingerprint density at radius 2 is 0.975 bits per heavy atom. The minimum Gasteiger partial charge on any atom is -0.490 e. The average molecular weight is 535 g/mol. The summed E-state index contributed by atoms with van der Waals surface area (Å²) < 4.78 is 11.8. The van der Waals surface area contributed by atoms with E-state index in [2.05, 4.69) is 61.7 Å². The highest BCUT2D eigenvalue weighted by Crippen LogP contribution is 2.79. The molecule has 40 heavy (non-hydrogen) atoms. The predicted octanol–water partition coefficient (Wildman–Crippen LogP) is 9.19. The second-order valence-corrected chi connectivity index (χ2v) is 15.3. The van der Waals surface area contributed by atoms with Gasteiger partial charge in [-0.25, -0.2) is 0 Å². The van der Waals surface area contributed by atoms with Crippen LogP contribution in [0.4, 0.5) is 0 Å². The Balaban J connectivity index is 1.22. The normalized spacial score (nSPS) is 42.1. The third kappa shape index (κ3) is 3.73. The van der Waals surface area contributed by atoms with Gasteiger partial charge < -0.3 is 9.47 Å². The minimum atomic E-state index is 0.276. The van der Waals surface area contributed by atoms with Crippen molar-refractivity contribution in [1.82, 2.24) is 0 Å². The molecule has 2 aromatic carbocycles. The summed E-state index contributed by atoms with van der Waals surface area (Å²) in [5, 5.41) is 0. The van der Waals surface area contributed by atoms with Crippen molar-refractivity contribution in [3.05, 3.63) is 85.0 Å². The number of benzene rings is 2. The van der Waals surface area contributed by atoms with E-state index in [0.717, 1.165) is 35.2 Å². The molecule has 8 bridgehead atoms. The van der Waals surface area contributed by atoms with Gasteiger partial charge in [0.1, 0.15) is 24.7 Å².